The van der Waals surface area contributed by atoms with Crippen LogP contribution in [0.2, 0.25) is 5.02 Å². The molecule has 0 fully saturated rings. The topological polar surface area (TPSA) is 105 Å². The van der Waals surface area contributed by atoms with Crippen LogP contribution in [0.4, 0.5) is 5.69 Å². The van der Waals surface area contributed by atoms with Crippen molar-refractivity contribution in [3.05, 3.63) is 65.3 Å². The summed E-state index contributed by atoms with van der Waals surface area (Å²) in [5.74, 6) is -0.747. The highest BCUT2D eigenvalue weighted by Crippen LogP contribution is 2.53. The number of allylic oxidation sites excluding steroid dienone is 1. The zero-order chi connectivity index (χ0) is 24.0. The number of anilines is 1. The Morgan fingerprint density at radius 2 is 1.88 bits per heavy atom. The second kappa shape index (κ2) is 8.18. The van der Waals surface area contributed by atoms with Crippen molar-refractivity contribution in [3.8, 4) is 22.9 Å². The first-order valence-corrected chi connectivity index (χ1v) is 10.9. The molecule has 0 saturated carbocycles. The molecule has 2 unspecified atom stereocenters. The Labute approximate surface area is 200 Å². The molecule has 2 aliphatic rings. The van der Waals surface area contributed by atoms with Crippen molar-refractivity contribution in [2.75, 3.05) is 19.5 Å². The highest BCUT2D eigenvalue weighted by Gasteiger charge is 2.60. The number of fused-ring (bicyclic) bond motifs is 1. The molecule has 1 spiro atoms. The van der Waals surface area contributed by atoms with Gasteiger partial charge < -0.3 is 19.5 Å². The van der Waals surface area contributed by atoms with E-state index in [1.165, 1.54) is 26.4 Å². The maximum Gasteiger partial charge on any atom is 0.236 e. The quantitative estimate of drug-likeness (QED) is 0.549. The minimum atomic E-state index is -1.71. The van der Waals surface area contributed by atoms with Gasteiger partial charge in [-0.25, -0.2) is 0 Å². The molecule has 5 rings (SSSR count). The average molecular weight is 481 g/mol. The number of methoxy groups -OCH3 is 2. The number of hydrogen-bond acceptors (Lipinski definition) is 8. The van der Waals surface area contributed by atoms with E-state index in [4.69, 9.17) is 25.8 Å². The van der Waals surface area contributed by atoms with E-state index in [1.807, 2.05) is 31.2 Å². The SMILES string of the molecule is COc1cc(OC)c2c(c1Cl)OC1(C(=O)C=C(Nc3cccc(-n4cnnc4)c3)CC1C)C2=O. The zero-order valence-electron chi connectivity index (χ0n) is 18.7. The summed E-state index contributed by atoms with van der Waals surface area (Å²) >= 11 is 6.43. The van der Waals surface area contributed by atoms with Crippen LogP contribution in [0.1, 0.15) is 23.7 Å². The summed E-state index contributed by atoms with van der Waals surface area (Å²) in [5.41, 5.74) is 0.765. The molecule has 9 nitrogen and oxygen atoms in total. The number of rotatable bonds is 5. The molecule has 2 atom stereocenters. The Morgan fingerprint density at radius 3 is 2.56 bits per heavy atom. The van der Waals surface area contributed by atoms with Gasteiger partial charge in [-0.1, -0.05) is 24.6 Å². The van der Waals surface area contributed by atoms with Crippen molar-refractivity contribution >= 4 is 28.9 Å². The molecular weight excluding hydrogens is 460 g/mol. The van der Waals surface area contributed by atoms with Crippen LogP contribution in [-0.4, -0.2) is 46.2 Å². The van der Waals surface area contributed by atoms with Gasteiger partial charge >= 0.3 is 0 Å². The fraction of sp³-hybridized carbons (Fsp3) is 0.250. The van der Waals surface area contributed by atoms with Gasteiger partial charge in [0.15, 0.2) is 5.75 Å². The van der Waals surface area contributed by atoms with Crippen molar-refractivity contribution < 1.29 is 23.8 Å². The highest BCUT2D eigenvalue weighted by molar-refractivity contribution is 6.36. The zero-order valence-corrected chi connectivity index (χ0v) is 19.4. The number of Topliss-reactive ketones (excluding diaryl/α,β-unsaturated/α-hetero) is 1. The molecule has 34 heavy (non-hydrogen) atoms. The predicted octanol–water partition coefficient (Wildman–Crippen LogP) is 3.86. The normalized spacial score (nSPS) is 21.2. The summed E-state index contributed by atoms with van der Waals surface area (Å²) in [4.78, 5) is 27.0. The van der Waals surface area contributed by atoms with E-state index in [2.05, 4.69) is 15.5 Å². The van der Waals surface area contributed by atoms with Gasteiger partial charge in [-0.2, -0.15) is 0 Å². The molecule has 0 bridgehead atoms. The summed E-state index contributed by atoms with van der Waals surface area (Å²) in [7, 11) is 2.89. The minimum Gasteiger partial charge on any atom is -0.496 e. The van der Waals surface area contributed by atoms with E-state index >= 15 is 0 Å². The fourth-order valence-electron chi connectivity index (χ4n) is 4.48. The first-order chi connectivity index (χ1) is 16.4. The molecule has 174 valence electrons. The maximum absolute atomic E-state index is 13.6. The number of benzene rings is 2. The van der Waals surface area contributed by atoms with E-state index in [0.29, 0.717) is 17.9 Å². The van der Waals surface area contributed by atoms with Crippen LogP contribution in [-0.2, 0) is 4.79 Å². The van der Waals surface area contributed by atoms with Crippen molar-refractivity contribution in [2.24, 2.45) is 5.92 Å². The third-order valence-electron chi connectivity index (χ3n) is 6.18. The van der Waals surface area contributed by atoms with Gasteiger partial charge in [0.05, 0.1) is 19.9 Å². The number of halogens is 1. The van der Waals surface area contributed by atoms with Crippen molar-refractivity contribution in [3.63, 3.8) is 0 Å². The molecule has 1 aliphatic carbocycles. The largest absolute Gasteiger partial charge is 0.496 e. The number of ether oxygens (including phenoxy) is 3. The summed E-state index contributed by atoms with van der Waals surface area (Å²) in [6.07, 6.45) is 5.03. The van der Waals surface area contributed by atoms with Gasteiger partial charge in [0, 0.05) is 29.4 Å². The van der Waals surface area contributed by atoms with Crippen LogP contribution in [0.15, 0.2) is 54.8 Å². The highest BCUT2D eigenvalue weighted by atomic mass is 35.5. The van der Waals surface area contributed by atoms with Crippen LogP contribution >= 0.6 is 11.6 Å². The number of carbonyl (C=O) groups excluding carboxylic acids is 2. The molecule has 2 aromatic carbocycles. The molecule has 0 radical (unpaired) electrons. The van der Waals surface area contributed by atoms with Crippen molar-refractivity contribution in [2.45, 2.75) is 18.9 Å². The first-order valence-electron chi connectivity index (χ1n) is 10.5. The number of nitrogens with zero attached hydrogens (tertiary/aromatic N) is 3. The molecule has 1 aliphatic heterocycles. The van der Waals surface area contributed by atoms with Crippen molar-refractivity contribution in [1.82, 2.24) is 14.8 Å². The third kappa shape index (κ3) is 3.23. The smallest absolute Gasteiger partial charge is 0.236 e. The molecule has 2 heterocycles. The van der Waals surface area contributed by atoms with E-state index in [1.54, 1.807) is 17.2 Å². The number of nitrogens with one attached hydrogen (secondary N) is 1. The van der Waals surface area contributed by atoms with Gasteiger partial charge in [-0.3, -0.25) is 14.2 Å². The lowest BCUT2D eigenvalue weighted by Gasteiger charge is -2.35. The summed E-state index contributed by atoms with van der Waals surface area (Å²) in [6, 6.07) is 9.12. The molecule has 0 saturated heterocycles. The third-order valence-corrected chi connectivity index (χ3v) is 6.54. The molecule has 3 aromatic rings. The second-order valence-corrected chi connectivity index (χ2v) is 8.53. The monoisotopic (exact) mass is 480 g/mol. The number of hydrogen-bond donors (Lipinski definition) is 1. The van der Waals surface area contributed by atoms with Crippen LogP contribution < -0.4 is 19.5 Å². The van der Waals surface area contributed by atoms with E-state index in [0.717, 1.165) is 11.4 Å². The lowest BCUT2D eigenvalue weighted by atomic mass is 9.74. The van der Waals surface area contributed by atoms with Gasteiger partial charge in [0.25, 0.3) is 0 Å². The van der Waals surface area contributed by atoms with Gasteiger partial charge in [0.2, 0.25) is 17.2 Å². The fourth-order valence-corrected chi connectivity index (χ4v) is 4.74. The van der Waals surface area contributed by atoms with Gasteiger partial charge in [-0.15, -0.1) is 10.2 Å². The lowest BCUT2D eigenvalue weighted by Crippen LogP contribution is -2.55. The Morgan fingerprint density at radius 1 is 1.15 bits per heavy atom. The van der Waals surface area contributed by atoms with Crippen LogP contribution in [0.3, 0.4) is 0 Å². The Kier molecular flexibility index (Phi) is 5.28. The molecule has 1 N–H and O–H groups in total. The number of aromatic nitrogens is 3. The number of carbonyl (C=O) groups is 2. The Bertz CT molecular complexity index is 1340. The van der Waals surface area contributed by atoms with Gasteiger partial charge in [0.1, 0.15) is 34.7 Å². The summed E-state index contributed by atoms with van der Waals surface area (Å²) < 4.78 is 18.5. The van der Waals surface area contributed by atoms with Crippen molar-refractivity contribution in [1.29, 1.82) is 0 Å². The molecule has 0 amide bonds. The van der Waals surface area contributed by atoms with Crippen LogP contribution in [0.5, 0.6) is 17.2 Å². The average Bonchev–Trinajstić information content (AvgIpc) is 3.47. The summed E-state index contributed by atoms with van der Waals surface area (Å²) in [5, 5.41) is 11.1. The second-order valence-electron chi connectivity index (χ2n) is 8.15. The van der Waals surface area contributed by atoms with Gasteiger partial charge in [-0.05, 0) is 24.6 Å². The standard InChI is InChI=1S/C24H21ClN4O5/c1-13-7-15(28-14-5-4-6-16(8-14)29-11-26-27-12-29)9-19(30)24(13)23(31)20-17(32-2)10-18(33-3)21(25)22(20)34-24/h4-6,8-13,28H,7H2,1-3H3. The molecular formula is C24H21ClN4O5. The Balaban J connectivity index is 1.47. The minimum absolute atomic E-state index is 0.106. The van der Waals surface area contributed by atoms with E-state index in [-0.39, 0.29) is 22.1 Å². The van der Waals surface area contributed by atoms with Crippen LogP contribution in [0, 0.1) is 5.92 Å². The predicted molar refractivity (Wildman–Crippen MR) is 124 cm³/mol. The van der Waals surface area contributed by atoms with E-state index in [9.17, 15) is 9.59 Å². The first kappa shape index (κ1) is 22.0. The molecule has 1 aromatic heterocycles. The Hall–Kier alpha value is -3.85. The molecule has 10 heteroatoms. The van der Waals surface area contributed by atoms with E-state index < -0.39 is 23.1 Å². The van der Waals surface area contributed by atoms with Crippen LogP contribution in [0.25, 0.3) is 5.69 Å². The number of ketones is 2. The summed E-state index contributed by atoms with van der Waals surface area (Å²) in [6.45, 7) is 1.81. The lowest BCUT2D eigenvalue weighted by molar-refractivity contribution is -0.129. The maximum atomic E-state index is 13.6.